The molecule has 1 aromatic heterocycles. The zero-order chi connectivity index (χ0) is 31.0. The van der Waals surface area contributed by atoms with Crippen LogP contribution in [0.2, 0.25) is 10.3 Å². The largest absolute Gasteiger partial charge is 0.489 e. The molecule has 0 unspecified atom stereocenters. The van der Waals surface area contributed by atoms with E-state index in [0.29, 0.717) is 47.8 Å². The van der Waals surface area contributed by atoms with Gasteiger partial charge in [-0.1, -0.05) is 55.8 Å². The minimum absolute atomic E-state index is 0.160. The van der Waals surface area contributed by atoms with E-state index in [2.05, 4.69) is 59.5 Å². The van der Waals surface area contributed by atoms with Crippen molar-refractivity contribution >= 4 is 51.5 Å². The molecule has 0 spiro atoms. The third-order valence-electron chi connectivity index (χ3n) is 7.14. The Morgan fingerprint density at radius 3 is 2.33 bits per heavy atom. The molecular weight excluding hydrogens is 611 g/mol. The molecule has 1 N–H and O–H groups in total. The number of hydrogen-bond donors (Lipinski definition) is 1. The van der Waals surface area contributed by atoms with E-state index in [1.165, 1.54) is 0 Å². The van der Waals surface area contributed by atoms with Gasteiger partial charge in [-0.3, -0.25) is 0 Å². The van der Waals surface area contributed by atoms with Crippen molar-refractivity contribution in [3.05, 3.63) is 81.6 Å². The lowest BCUT2D eigenvalue weighted by Crippen LogP contribution is -2.22. The van der Waals surface area contributed by atoms with Gasteiger partial charge in [0.15, 0.2) is 12.0 Å². The standard InChI is InChI=1S/C32H33Cl3N4O4/c1-32(2,24-15-22(18-36)29(26(34)17-24)43-13-11-33)23-8-5-20(6-9-23)21-7-10-27-25(16-21)30(39-31(35)38-27)37-12-14-42-19-28(40-3)41-4/h5-10,15-17,28H,11-14,19H2,1-4H3,(H,37,38,39). The van der Waals surface area contributed by atoms with E-state index in [4.69, 9.17) is 53.8 Å². The zero-order valence-electron chi connectivity index (χ0n) is 24.4. The molecule has 11 heteroatoms. The van der Waals surface area contributed by atoms with Gasteiger partial charge in [0, 0.05) is 31.6 Å². The van der Waals surface area contributed by atoms with Crippen LogP contribution in [0.5, 0.6) is 5.75 Å². The molecule has 0 bridgehead atoms. The van der Waals surface area contributed by atoms with Crippen molar-refractivity contribution in [1.82, 2.24) is 9.97 Å². The van der Waals surface area contributed by atoms with Crippen LogP contribution in [0, 0.1) is 11.3 Å². The van der Waals surface area contributed by atoms with Crippen LogP contribution in [0.25, 0.3) is 22.0 Å². The van der Waals surface area contributed by atoms with Gasteiger partial charge in [0.25, 0.3) is 0 Å². The van der Waals surface area contributed by atoms with E-state index in [9.17, 15) is 5.26 Å². The molecule has 4 rings (SSSR count). The monoisotopic (exact) mass is 642 g/mol. The molecule has 0 amide bonds. The molecule has 1 heterocycles. The number of rotatable bonds is 14. The van der Waals surface area contributed by atoms with Gasteiger partial charge < -0.3 is 24.3 Å². The van der Waals surface area contributed by atoms with Crippen LogP contribution in [-0.2, 0) is 19.6 Å². The first-order valence-corrected chi connectivity index (χ1v) is 14.9. The number of nitriles is 1. The van der Waals surface area contributed by atoms with Gasteiger partial charge in [-0.15, -0.1) is 11.6 Å². The fourth-order valence-corrected chi connectivity index (χ4v) is 5.17. The third-order valence-corrected chi connectivity index (χ3v) is 7.74. The maximum Gasteiger partial charge on any atom is 0.224 e. The number of hydrogen-bond acceptors (Lipinski definition) is 8. The highest BCUT2D eigenvalue weighted by atomic mass is 35.5. The number of alkyl halides is 1. The number of methoxy groups -OCH3 is 2. The van der Waals surface area contributed by atoms with E-state index in [0.717, 1.165) is 33.2 Å². The second-order valence-corrected chi connectivity index (χ2v) is 11.3. The lowest BCUT2D eigenvalue weighted by atomic mass is 9.77. The topological polar surface area (TPSA) is 98.5 Å². The van der Waals surface area contributed by atoms with Gasteiger partial charge in [0.05, 0.1) is 35.2 Å². The molecule has 0 saturated carbocycles. The number of nitrogens with zero attached hydrogens (tertiary/aromatic N) is 3. The molecule has 8 nitrogen and oxygen atoms in total. The van der Waals surface area contributed by atoms with Crippen molar-refractivity contribution in [2.45, 2.75) is 25.6 Å². The van der Waals surface area contributed by atoms with E-state index in [1.54, 1.807) is 14.2 Å². The molecule has 4 aromatic rings. The summed E-state index contributed by atoms with van der Waals surface area (Å²) in [5.74, 6) is 1.28. The van der Waals surface area contributed by atoms with Crippen molar-refractivity contribution < 1.29 is 18.9 Å². The summed E-state index contributed by atoms with van der Waals surface area (Å²) < 4.78 is 21.5. The number of fused-ring (bicyclic) bond motifs is 1. The molecule has 0 atom stereocenters. The smallest absolute Gasteiger partial charge is 0.224 e. The van der Waals surface area contributed by atoms with E-state index in [-0.39, 0.29) is 11.9 Å². The van der Waals surface area contributed by atoms with Crippen molar-refractivity contribution in [2.75, 3.05) is 51.8 Å². The Labute approximate surface area is 266 Å². The van der Waals surface area contributed by atoms with Gasteiger partial charge in [-0.25, -0.2) is 9.97 Å². The molecule has 226 valence electrons. The first-order valence-electron chi connectivity index (χ1n) is 13.6. The Morgan fingerprint density at radius 2 is 1.65 bits per heavy atom. The third kappa shape index (κ3) is 7.87. The van der Waals surface area contributed by atoms with Crippen LogP contribution in [0.15, 0.2) is 54.6 Å². The summed E-state index contributed by atoms with van der Waals surface area (Å²) in [5.41, 5.74) is 4.66. The number of halogens is 3. The van der Waals surface area contributed by atoms with Gasteiger partial charge >= 0.3 is 0 Å². The van der Waals surface area contributed by atoms with Crippen LogP contribution in [0.4, 0.5) is 5.82 Å². The Hall–Kier alpha value is -3.16. The van der Waals surface area contributed by atoms with Crippen molar-refractivity contribution in [3.63, 3.8) is 0 Å². The Morgan fingerprint density at radius 1 is 0.930 bits per heavy atom. The summed E-state index contributed by atoms with van der Waals surface area (Å²) in [7, 11) is 3.13. The minimum Gasteiger partial charge on any atom is -0.489 e. The van der Waals surface area contributed by atoms with Gasteiger partial charge in [-0.2, -0.15) is 5.26 Å². The Kier molecular flexibility index (Phi) is 11.4. The van der Waals surface area contributed by atoms with Gasteiger partial charge in [0.2, 0.25) is 5.28 Å². The summed E-state index contributed by atoms with van der Waals surface area (Å²) in [5, 5.41) is 14.4. The second-order valence-electron chi connectivity index (χ2n) is 10.2. The molecule has 3 aromatic carbocycles. The molecule has 0 aliphatic rings. The summed E-state index contributed by atoms with van der Waals surface area (Å²) >= 11 is 18.5. The molecule has 0 aliphatic carbocycles. The summed E-state index contributed by atoms with van der Waals surface area (Å²) in [6.45, 7) is 5.71. The molecule has 0 aliphatic heterocycles. The van der Waals surface area contributed by atoms with Gasteiger partial charge in [-0.05, 0) is 58.1 Å². The SMILES string of the molecule is COC(COCCNc1nc(Cl)nc2ccc(-c3ccc(C(C)(C)c4cc(Cl)c(OCCCl)c(C#N)c4)cc3)cc12)OC. The Bertz CT molecular complexity index is 1590. The molecule has 0 fully saturated rings. The van der Waals surface area contributed by atoms with Crippen molar-refractivity contribution in [1.29, 1.82) is 5.26 Å². The molecule has 43 heavy (non-hydrogen) atoms. The van der Waals surface area contributed by atoms with Crippen molar-refractivity contribution in [3.8, 4) is 22.9 Å². The number of anilines is 1. The lowest BCUT2D eigenvalue weighted by molar-refractivity contribution is -0.139. The molecule has 0 radical (unpaired) electrons. The summed E-state index contributed by atoms with van der Waals surface area (Å²) in [6, 6.07) is 20.2. The molecular formula is C32H33Cl3N4O4. The van der Waals surface area contributed by atoms with E-state index >= 15 is 0 Å². The lowest BCUT2D eigenvalue weighted by Gasteiger charge is -2.27. The highest BCUT2D eigenvalue weighted by molar-refractivity contribution is 6.32. The predicted molar refractivity (Wildman–Crippen MR) is 172 cm³/mol. The quantitative estimate of drug-likeness (QED) is 0.0654. The fourth-order valence-electron chi connectivity index (χ4n) is 4.64. The summed E-state index contributed by atoms with van der Waals surface area (Å²) in [6.07, 6.45) is -0.414. The van der Waals surface area contributed by atoms with Crippen LogP contribution in [0.3, 0.4) is 0 Å². The first kappa shape index (κ1) is 32.7. The normalized spacial score (nSPS) is 11.6. The van der Waals surface area contributed by atoms with E-state index in [1.807, 2.05) is 30.3 Å². The van der Waals surface area contributed by atoms with Crippen LogP contribution in [0.1, 0.15) is 30.5 Å². The zero-order valence-corrected chi connectivity index (χ0v) is 26.7. The number of benzene rings is 3. The first-order chi connectivity index (χ1) is 20.7. The predicted octanol–water partition coefficient (Wildman–Crippen LogP) is 7.47. The second kappa shape index (κ2) is 15.0. The number of ether oxygens (including phenoxy) is 4. The van der Waals surface area contributed by atoms with Crippen LogP contribution in [-0.4, -0.2) is 62.7 Å². The van der Waals surface area contributed by atoms with Gasteiger partial charge in [0.1, 0.15) is 18.5 Å². The fraction of sp³-hybridized carbons (Fsp3) is 0.344. The maximum absolute atomic E-state index is 9.73. The summed E-state index contributed by atoms with van der Waals surface area (Å²) in [4.78, 5) is 8.80. The minimum atomic E-state index is -0.432. The molecule has 0 saturated heterocycles. The maximum atomic E-state index is 9.73. The highest BCUT2D eigenvalue weighted by Gasteiger charge is 2.26. The number of nitrogens with one attached hydrogen (secondary N) is 1. The average Bonchev–Trinajstić information content (AvgIpc) is 3.01. The highest BCUT2D eigenvalue weighted by Crippen LogP contribution is 2.39. The van der Waals surface area contributed by atoms with Crippen LogP contribution >= 0.6 is 34.8 Å². The van der Waals surface area contributed by atoms with Crippen molar-refractivity contribution in [2.24, 2.45) is 0 Å². The Balaban J connectivity index is 1.55. The van der Waals surface area contributed by atoms with Crippen LogP contribution < -0.4 is 10.1 Å². The average molecular weight is 644 g/mol. The number of aromatic nitrogens is 2. The van der Waals surface area contributed by atoms with E-state index < -0.39 is 11.7 Å².